The number of nitrogens with zero attached hydrogens (tertiary/aromatic N) is 3. The van der Waals surface area contributed by atoms with E-state index in [0.29, 0.717) is 24.5 Å². The van der Waals surface area contributed by atoms with Gasteiger partial charge in [-0.1, -0.05) is 42.5 Å². The molecule has 0 unspecified atom stereocenters. The summed E-state index contributed by atoms with van der Waals surface area (Å²) < 4.78 is 5.41. The van der Waals surface area contributed by atoms with Gasteiger partial charge in [0.15, 0.2) is 0 Å². The van der Waals surface area contributed by atoms with Gasteiger partial charge >= 0.3 is 5.97 Å². The molecular formula is C25H27N3O3. The van der Waals surface area contributed by atoms with Crippen LogP contribution in [0.1, 0.15) is 51.6 Å². The summed E-state index contributed by atoms with van der Waals surface area (Å²) in [6.07, 6.45) is 4.74. The van der Waals surface area contributed by atoms with Gasteiger partial charge in [0.25, 0.3) is 0 Å². The lowest BCUT2D eigenvalue weighted by atomic mass is 10.0. The molecule has 1 atom stereocenters. The molecule has 3 aromatic rings. The Labute approximate surface area is 182 Å². The van der Waals surface area contributed by atoms with Crippen molar-refractivity contribution in [2.24, 2.45) is 0 Å². The largest absolute Gasteiger partial charge is 0.496 e. The van der Waals surface area contributed by atoms with Crippen molar-refractivity contribution in [2.75, 3.05) is 18.6 Å². The number of rotatable bonds is 7. The third kappa shape index (κ3) is 4.53. The fourth-order valence-corrected chi connectivity index (χ4v) is 4.22. The molecular weight excluding hydrogens is 390 g/mol. The summed E-state index contributed by atoms with van der Waals surface area (Å²) in [4.78, 5) is 23.1. The van der Waals surface area contributed by atoms with Crippen molar-refractivity contribution < 1.29 is 14.6 Å². The Kier molecular flexibility index (Phi) is 6.16. The van der Waals surface area contributed by atoms with Crippen LogP contribution in [-0.4, -0.2) is 34.7 Å². The molecule has 1 aliphatic rings. The van der Waals surface area contributed by atoms with Gasteiger partial charge in [-0.2, -0.15) is 0 Å². The molecule has 0 spiro atoms. The lowest BCUT2D eigenvalue weighted by molar-refractivity contribution is 0.0694. The van der Waals surface area contributed by atoms with Crippen LogP contribution in [-0.2, 0) is 12.8 Å². The van der Waals surface area contributed by atoms with Crippen molar-refractivity contribution in [1.82, 2.24) is 9.97 Å². The molecule has 31 heavy (non-hydrogen) atoms. The molecule has 0 saturated carbocycles. The molecule has 1 saturated heterocycles. The maximum Gasteiger partial charge on any atom is 0.339 e. The number of ether oxygens (including phenoxy) is 1. The molecule has 1 aromatic heterocycles. The van der Waals surface area contributed by atoms with Gasteiger partial charge in [-0.25, -0.2) is 14.8 Å². The monoisotopic (exact) mass is 417 g/mol. The van der Waals surface area contributed by atoms with E-state index in [2.05, 4.69) is 22.0 Å². The van der Waals surface area contributed by atoms with Crippen LogP contribution in [0.3, 0.4) is 0 Å². The summed E-state index contributed by atoms with van der Waals surface area (Å²) in [6, 6.07) is 16.6. The number of anilines is 1. The molecule has 160 valence electrons. The van der Waals surface area contributed by atoms with E-state index in [9.17, 15) is 9.90 Å². The summed E-state index contributed by atoms with van der Waals surface area (Å²) in [5, 5.41) is 9.65. The predicted octanol–water partition coefficient (Wildman–Crippen LogP) is 4.62. The van der Waals surface area contributed by atoms with Crippen molar-refractivity contribution >= 4 is 11.9 Å². The molecule has 1 aliphatic heterocycles. The minimum atomic E-state index is -0.996. The molecule has 2 heterocycles. The second-order valence-corrected chi connectivity index (χ2v) is 7.90. The van der Waals surface area contributed by atoms with Crippen LogP contribution in [0.25, 0.3) is 0 Å². The van der Waals surface area contributed by atoms with Gasteiger partial charge in [0.2, 0.25) is 5.95 Å². The lowest BCUT2D eigenvalue weighted by Gasteiger charge is -2.25. The van der Waals surface area contributed by atoms with Gasteiger partial charge < -0.3 is 14.7 Å². The summed E-state index contributed by atoms with van der Waals surface area (Å²) in [7, 11) is 1.66. The maximum absolute atomic E-state index is 11.8. The molecule has 6 heteroatoms. The smallest absolute Gasteiger partial charge is 0.339 e. The molecule has 1 N–H and O–H groups in total. The van der Waals surface area contributed by atoms with Gasteiger partial charge in [0.05, 0.1) is 24.4 Å². The number of hydrogen-bond acceptors (Lipinski definition) is 5. The summed E-state index contributed by atoms with van der Waals surface area (Å²) in [6.45, 7) is 2.86. The quantitative estimate of drug-likeness (QED) is 0.605. The van der Waals surface area contributed by atoms with Crippen molar-refractivity contribution in [2.45, 2.75) is 38.6 Å². The number of methoxy groups -OCH3 is 1. The van der Waals surface area contributed by atoms with Crippen molar-refractivity contribution in [1.29, 1.82) is 0 Å². The molecule has 0 amide bonds. The van der Waals surface area contributed by atoms with Gasteiger partial charge in [-0.05, 0) is 55.4 Å². The lowest BCUT2D eigenvalue weighted by Crippen LogP contribution is -2.25. The van der Waals surface area contributed by atoms with Crippen LogP contribution >= 0.6 is 0 Å². The fraction of sp³-hybridized carbons (Fsp3) is 0.320. The minimum Gasteiger partial charge on any atom is -0.496 e. The summed E-state index contributed by atoms with van der Waals surface area (Å²) >= 11 is 0. The average molecular weight is 418 g/mol. The molecule has 0 bridgehead atoms. The van der Waals surface area contributed by atoms with Crippen molar-refractivity contribution in [3.63, 3.8) is 0 Å². The molecule has 1 fully saturated rings. The Morgan fingerprint density at radius 3 is 2.74 bits per heavy atom. The minimum absolute atomic E-state index is 0.165. The second-order valence-electron chi connectivity index (χ2n) is 7.90. The number of aryl methyl sites for hydroxylation is 3. The van der Waals surface area contributed by atoms with Crippen LogP contribution < -0.4 is 9.64 Å². The van der Waals surface area contributed by atoms with Crippen LogP contribution in [0.15, 0.2) is 54.7 Å². The van der Waals surface area contributed by atoms with E-state index in [-0.39, 0.29) is 11.6 Å². The van der Waals surface area contributed by atoms with Crippen LogP contribution in [0.2, 0.25) is 0 Å². The zero-order valence-electron chi connectivity index (χ0n) is 17.9. The van der Waals surface area contributed by atoms with E-state index < -0.39 is 5.97 Å². The number of carboxylic acids is 1. The normalized spacial score (nSPS) is 15.8. The number of carboxylic acid groups (broad SMARTS) is 1. The van der Waals surface area contributed by atoms with Crippen LogP contribution in [0.4, 0.5) is 5.95 Å². The fourth-order valence-electron chi connectivity index (χ4n) is 4.22. The molecule has 0 radical (unpaired) electrons. The first-order chi connectivity index (χ1) is 15.1. The zero-order chi connectivity index (χ0) is 21.8. The SMILES string of the molecule is COc1cc(CCc2nc(N3CCC[C@H]3c3ccccc3)ncc2C(=O)O)ccc1C. The van der Waals surface area contributed by atoms with Gasteiger partial charge in [-0.3, -0.25) is 0 Å². The van der Waals surface area contributed by atoms with E-state index in [4.69, 9.17) is 9.72 Å². The zero-order valence-corrected chi connectivity index (χ0v) is 17.9. The number of carbonyl (C=O) groups is 1. The highest BCUT2D eigenvalue weighted by atomic mass is 16.5. The summed E-state index contributed by atoms with van der Waals surface area (Å²) in [5.41, 5.74) is 4.12. The molecule has 2 aromatic carbocycles. The Morgan fingerprint density at radius 1 is 1.19 bits per heavy atom. The standard InChI is InChI=1S/C25H27N3O3/c1-17-10-11-18(15-23(17)31-2)12-13-21-20(24(29)30)16-26-25(27-21)28-14-6-9-22(28)19-7-4-3-5-8-19/h3-5,7-8,10-11,15-16,22H,6,9,12-14H2,1-2H3,(H,29,30)/t22-/m0/s1. The predicted molar refractivity (Wildman–Crippen MR) is 120 cm³/mol. The highest BCUT2D eigenvalue weighted by Crippen LogP contribution is 2.34. The Hall–Kier alpha value is -3.41. The van der Waals surface area contributed by atoms with E-state index in [1.54, 1.807) is 7.11 Å². The topological polar surface area (TPSA) is 75.5 Å². The van der Waals surface area contributed by atoms with E-state index >= 15 is 0 Å². The Balaban J connectivity index is 1.60. The van der Waals surface area contributed by atoms with Crippen molar-refractivity contribution in [3.8, 4) is 5.75 Å². The highest BCUT2D eigenvalue weighted by Gasteiger charge is 2.28. The van der Waals surface area contributed by atoms with Crippen LogP contribution in [0, 0.1) is 6.92 Å². The van der Waals surface area contributed by atoms with Gasteiger partial charge in [0, 0.05) is 12.7 Å². The first-order valence-electron chi connectivity index (χ1n) is 10.6. The summed E-state index contributed by atoms with van der Waals surface area (Å²) in [5.74, 6) is 0.444. The third-order valence-electron chi connectivity index (χ3n) is 5.90. The first kappa shape index (κ1) is 20.8. The van der Waals surface area contributed by atoms with Gasteiger partial charge in [-0.15, -0.1) is 0 Å². The van der Waals surface area contributed by atoms with E-state index in [0.717, 1.165) is 36.3 Å². The second kappa shape index (κ2) is 9.16. The highest BCUT2D eigenvalue weighted by molar-refractivity contribution is 5.88. The number of benzene rings is 2. The molecule has 4 rings (SSSR count). The number of aromatic nitrogens is 2. The number of hydrogen-bond donors (Lipinski definition) is 1. The van der Waals surface area contributed by atoms with Gasteiger partial charge in [0.1, 0.15) is 5.75 Å². The van der Waals surface area contributed by atoms with E-state index in [1.807, 2.05) is 43.3 Å². The average Bonchev–Trinajstić information content (AvgIpc) is 3.29. The molecule has 6 nitrogen and oxygen atoms in total. The van der Waals surface area contributed by atoms with E-state index in [1.165, 1.54) is 11.8 Å². The third-order valence-corrected chi connectivity index (χ3v) is 5.90. The number of aromatic carboxylic acids is 1. The maximum atomic E-state index is 11.8. The van der Waals surface area contributed by atoms with Crippen LogP contribution in [0.5, 0.6) is 5.75 Å². The Morgan fingerprint density at radius 2 is 2.00 bits per heavy atom. The Bertz CT molecular complexity index is 1070. The molecule has 0 aliphatic carbocycles. The van der Waals surface area contributed by atoms with Crippen molar-refractivity contribution in [3.05, 3.63) is 82.7 Å². The first-order valence-corrected chi connectivity index (χ1v) is 10.6.